The van der Waals surface area contributed by atoms with Gasteiger partial charge < -0.3 is 5.32 Å². The maximum absolute atomic E-state index is 12.4. The summed E-state index contributed by atoms with van der Waals surface area (Å²) in [6.45, 7) is 8.16. The average Bonchev–Trinajstić information content (AvgIpc) is 2.43. The summed E-state index contributed by atoms with van der Waals surface area (Å²) in [5.41, 5.74) is 1.72. The summed E-state index contributed by atoms with van der Waals surface area (Å²) in [4.78, 5) is 14.7. The molecule has 2 atom stereocenters. The molecule has 20 heavy (non-hydrogen) atoms. The van der Waals surface area contributed by atoms with Crippen molar-refractivity contribution in [2.45, 2.75) is 39.7 Å². The van der Waals surface area contributed by atoms with Crippen molar-refractivity contribution in [3.05, 3.63) is 28.8 Å². The molecule has 110 valence electrons. The van der Waals surface area contributed by atoms with Gasteiger partial charge in [0.25, 0.3) is 0 Å². The topological polar surface area (TPSA) is 32.3 Å². The number of anilines is 1. The van der Waals surface area contributed by atoms with Crippen LogP contribution >= 0.6 is 11.6 Å². The molecule has 2 unspecified atom stereocenters. The fourth-order valence-electron chi connectivity index (χ4n) is 2.72. The third-order valence-electron chi connectivity index (χ3n) is 4.14. The molecule has 1 fully saturated rings. The van der Waals surface area contributed by atoms with Crippen molar-refractivity contribution < 1.29 is 4.79 Å². The van der Waals surface area contributed by atoms with Gasteiger partial charge in [-0.15, -0.1) is 0 Å². The van der Waals surface area contributed by atoms with Crippen molar-refractivity contribution in [3.8, 4) is 0 Å². The molecule has 0 aromatic heterocycles. The largest absolute Gasteiger partial charge is 0.324 e. The average molecular weight is 295 g/mol. The molecule has 2 rings (SSSR count). The first-order valence-electron chi connectivity index (χ1n) is 7.29. The van der Waals surface area contributed by atoms with E-state index in [1.165, 1.54) is 12.8 Å². The molecule has 1 saturated heterocycles. The standard InChI is InChI=1S/C16H23ClN2O/c1-11-6-5-9-19(10-11)13(3)16(20)18-15-8-4-7-14(17)12(15)2/h4,7-8,11,13H,5-6,9-10H2,1-3H3,(H,18,20). The molecule has 0 bridgehead atoms. The van der Waals surface area contributed by atoms with Crippen LogP contribution in [0, 0.1) is 12.8 Å². The molecular formula is C16H23ClN2O. The molecule has 0 aliphatic carbocycles. The van der Waals surface area contributed by atoms with Crippen molar-refractivity contribution in [2.75, 3.05) is 18.4 Å². The van der Waals surface area contributed by atoms with Crippen LogP contribution in [0.5, 0.6) is 0 Å². The Morgan fingerprint density at radius 1 is 1.50 bits per heavy atom. The van der Waals surface area contributed by atoms with E-state index in [1.54, 1.807) is 0 Å². The third kappa shape index (κ3) is 3.53. The number of carbonyl (C=O) groups excluding carboxylic acids is 1. The number of amides is 1. The van der Waals surface area contributed by atoms with Gasteiger partial charge in [0.05, 0.1) is 6.04 Å². The summed E-state index contributed by atoms with van der Waals surface area (Å²) in [7, 11) is 0. The first-order chi connectivity index (χ1) is 9.49. The number of rotatable bonds is 3. The predicted octanol–water partition coefficient (Wildman–Crippen LogP) is 3.71. The van der Waals surface area contributed by atoms with Gasteiger partial charge in [-0.05, 0) is 56.8 Å². The minimum atomic E-state index is -0.101. The zero-order chi connectivity index (χ0) is 14.7. The van der Waals surface area contributed by atoms with Crippen LogP contribution in [0.15, 0.2) is 18.2 Å². The lowest BCUT2D eigenvalue weighted by atomic mass is 9.99. The van der Waals surface area contributed by atoms with Gasteiger partial charge in [0.15, 0.2) is 0 Å². The Morgan fingerprint density at radius 2 is 2.25 bits per heavy atom. The molecule has 4 heteroatoms. The first-order valence-corrected chi connectivity index (χ1v) is 7.67. The van der Waals surface area contributed by atoms with Gasteiger partial charge in [-0.25, -0.2) is 0 Å². The summed E-state index contributed by atoms with van der Waals surface area (Å²) < 4.78 is 0. The molecule has 1 aliphatic heterocycles. The van der Waals surface area contributed by atoms with Gasteiger partial charge in [-0.1, -0.05) is 24.6 Å². The van der Waals surface area contributed by atoms with Crippen LogP contribution in [-0.2, 0) is 4.79 Å². The summed E-state index contributed by atoms with van der Waals surface area (Å²) in [6.07, 6.45) is 2.44. The molecule has 0 saturated carbocycles. The van der Waals surface area contributed by atoms with E-state index < -0.39 is 0 Å². The third-order valence-corrected chi connectivity index (χ3v) is 4.55. The number of nitrogens with one attached hydrogen (secondary N) is 1. The molecule has 1 heterocycles. The number of halogens is 1. The number of nitrogens with zero attached hydrogens (tertiary/aromatic N) is 1. The van der Waals surface area contributed by atoms with Crippen LogP contribution in [-0.4, -0.2) is 29.9 Å². The van der Waals surface area contributed by atoms with Gasteiger partial charge in [0.2, 0.25) is 5.91 Å². The second-order valence-corrected chi connectivity index (χ2v) is 6.23. The van der Waals surface area contributed by atoms with Crippen LogP contribution in [0.2, 0.25) is 5.02 Å². The zero-order valence-electron chi connectivity index (χ0n) is 12.4. The van der Waals surface area contributed by atoms with Crippen LogP contribution in [0.1, 0.15) is 32.3 Å². The minimum absolute atomic E-state index is 0.0458. The normalized spacial score (nSPS) is 21.5. The zero-order valence-corrected chi connectivity index (χ0v) is 13.2. The number of hydrogen-bond acceptors (Lipinski definition) is 2. The Hall–Kier alpha value is -1.06. The number of hydrogen-bond donors (Lipinski definition) is 1. The minimum Gasteiger partial charge on any atom is -0.324 e. The van der Waals surface area contributed by atoms with E-state index in [2.05, 4.69) is 17.1 Å². The van der Waals surface area contributed by atoms with Crippen LogP contribution < -0.4 is 5.32 Å². The van der Waals surface area contributed by atoms with Crippen LogP contribution in [0.3, 0.4) is 0 Å². The second kappa shape index (κ2) is 6.59. The summed E-state index contributed by atoms with van der Waals surface area (Å²) in [6, 6.07) is 5.49. The Kier molecular flexibility index (Phi) is 5.06. The summed E-state index contributed by atoms with van der Waals surface area (Å²) in [5.74, 6) is 0.719. The van der Waals surface area contributed by atoms with E-state index in [9.17, 15) is 4.79 Å². The number of likely N-dealkylation sites (tertiary alicyclic amines) is 1. The highest BCUT2D eigenvalue weighted by atomic mass is 35.5. The van der Waals surface area contributed by atoms with Gasteiger partial charge in [0, 0.05) is 17.3 Å². The molecule has 0 radical (unpaired) electrons. The SMILES string of the molecule is Cc1c(Cl)cccc1NC(=O)C(C)N1CCCC(C)C1. The Morgan fingerprint density at radius 3 is 2.95 bits per heavy atom. The van der Waals surface area contributed by atoms with Gasteiger partial charge in [-0.3, -0.25) is 9.69 Å². The molecule has 1 amide bonds. The Bertz CT molecular complexity index is 489. The molecule has 1 aromatic carbocycles. The van der Waals surface area contributed by atoms with E-state index in [0.29, 0.717) is 10.9 Å². The number of carbonyl (C=O) groups is 1. The van der Waals surface area contributed by atoms with Crippen molar-refractivity contribution in [1.29, 1.82) is 0 Å². The van der Waals surface area contributed by atoms with Crippen molar-refractivity contribution in [1.82, 2.24) is 4.90 Å². The Balaban J connectivity index is 2.02. The highest BCUT2D eigenvalue weighted by molar-refractivity contribution is 6.31. The smallest absolute Gasteiger partial charge is 0.241 e. The lowest BCUT2D eigenvalue weighted by Gasteiger charge is -2.34. The van der Waals surface area contributed by atoms with Gasteiger partial charge in [0.1, 0.15) is 0 Å². The highest BCUT2D eigenvalue weighted by Gasteiger charge is 2.25. The van der Waals surface area contributed by atoms with Gasteiger partial charge >= 0.3 is 0 Å². The molecule has 1 aliphatic rings. The van der Waals surface area contributed by atoms with E-state index in [1.807, 2.05) is 32.0 Å². The van der Waals surface area contributed by atoms with Gasteiger partial charge in [-0.2, -0.15) is 0 Å². The summed E-state index contributed by atoms with van der Waals surface area (Å²) in [5, 5.41) is 3.68. The highest BCUT2D eigenvalue weighted by Crippen LogP contribution is 2.24. The maximum Gasteiger partial charge on any atom is 0.241 e. The molecule has 1 N–H and O–H groups in total. The fraction of sp³-hybridized carbons (Fsp3) is 0.562. The van der Waals surface area contributed by atoms with E-state index in [0.717, 1.165) is 24.3 Å². The van der Waals surface area contributed by atoms with Crippen molar-refractivity contribution >= 4 is 23.2 Å². The number of benzene rings is 1. The lowest BCUT2D eigenvalue weighted by Crippen LogP contribution is -2.46. The molecular weight excluding hydrogens is 272 g/mol. The maximum atomic E-state index is 12.4. The fourth-order valence-corrected chi connectivity index (χ4v) is 2.90. The molecule has 1 aromatic rings. The van der Waals surface area contributed by atoms with Crippen LogP contribution in [0.4, 0.5) is 5.69 Å². The van der Waals surface area contributed by atoms with E-state index in [4.69, 9.17) is 11.6 Å². The van der Waals surface area contributed by atoms with Crippen molar-refractivity contribution in [3.63, 3.8) is 0 Å². The predicted molar refractivity (Wildman–Crippen MR) is 84.3 cm³/mol. The second-order valence-electron chi connectivity index (χ2n) is 5.82. The van der Waals surface area contributed by atoms with Crippen LogP contribution in [0.25, 0.3) is 0 Å². The quantitative estimate of drug-likeness (QED) is 0.922. The molecule has 0 spiro atoms. The summed E-state index contributed by atoms with van der Waals surface area (Å²) >= 11 is 6.08. The van der Waals surface area contributed by atoms with E-state index in [-0.39, 0.29) is 11.9 Å². The first kappa shape index (κ1) is 15.3. The number of piperidine rings is 1. The van der Waals surface area contributed by atoms with E-state index >= 15 is 0 Å². The molecule has 3 nitrogen and oxygen atoms in total. The Labute approximate surface area is 126 Å². The monoisotopic (exact) mass is 294 g/mol. The lowest BCUT2D eigenvalue weighted by molar-refractivity contribution is -0.121. The van der Waals surface area contributed by atoms with Crippen molar-refractivity contribution in [2.24, 2.45) is 5.92 Å².